The maximum absolute atomic E-state index is 13.9. The maximum Gasteiger partial charge on any atom is 0.254 e. The molecule has 0 spiro atoms. The van der Waals surface area contributed by atoms with Crippen LogP contribution >= 0.6 is 0 Å². The van der Waals surface area contributed by atoms with Gasteiger partial charge in [-0.1, -0.05) is 36.4 Å². The standard InChI is InChI=1S/C16H14FNO2/c17-15-8-4-3-6-13(15)12-5-1-2-7-14(12)16(20)18-9-11(19)10-18/h1-8,11,19H,9-10H2. The van der Waals surface area contributed by atoms with Gasteiger partial charge >= 0.3 is 0 Å². The van der Waals surface area contributed by atoms with Crippen molar-refractivity contribution in [3.8, 4) is 11.1 Å². The zero-order valence-corrected chi connectivity index (χ0v) is 10.8. The number of carbonyl (C=O) groups is 1. The summed E-state index contributed by atoms with van der Waals surface area (Å²) in [6, 6.07) is 13.4. The van der Waals surface area contributed by atoms with Crippen LogP contribution in [0.15, 0.2) is 48.5 Å². The van der Waals surface area contributed by atoms with Crippen LogP contribution < -0.4 is 0 Å². The molecule has 3 rings (SSSR count). The van der Waals surface area contributed by atoms with E-state index in [-0.39, 0.29) is 11.7 Å². The van der Waals surface area contributed by atoms with Gasteiger partial charge in [-0.2, -0.15) is 0 Å². The molecule has 0 aromatic heterocycles. The summed E-state index contributed by atoms with van der Waals surface area (Å²) in [5, 5.41) is 9.29. The van der Waals surface area contributed by atoms with Crippen molar-refractivity contribution in [1.82, 2.24) is 4.90 Å². The Morgan fingerprint density at radius 2 is 1.65 bits per heavy atom. The van der Waals surface area contributed by atoms with Crippen LogP contribution in [0.4, 0.5) is 4.39 Å². The normalized spacial score (nSPS) is 15.0. The molecule has 0 aliphatic carbocycles. The van der Waals surface area contributed by atoms with Gasteiger partial charge in [-0.25, -0.2) is 4.39 Å². The maximum atomic E-state index is 13.9. The minimum Gasteiger partial charge on any atom is -0.389 e. The lowest BCUT2D eigenvalue weighted by atomic mass is 9.97. The first-order valence-electron chi connectivity index (χ1n) is 6.48. The number of hydrogen-bond acceptors (Lipinski definition) is 2. The number of halogens is 1. The van der Waals surface area contributed by atoms with Crippen LogP contribution in [-0.2, 0) is 0 Å². The molecule has 0 bridgehead atoms. The predicted octanol–water partition coefficient (Wildman–Crippen LogP) is 2.31. The predicted molar refractivity (Wildman–Crippen MR) is 73.7 cm³/mol. The van der Waals surface area contributed by atoms with E-state index in [1.54, 1.807) is 47.4 Å². The number of benzene rings is 2. The Labute approximate surface area is 116 Å². The lowest BCUT2D eigenvalue weighted by molar-refractivity contribution is 0.00594. The summed E-state index contributed by atoms with van der Waals surface area (Å²) in [6.07, 6.45) is -0.445. The molecule has 1 fully saturated rings. The van der Waals surface area contributed by atoms with Crippen molar-refractivity contribution in [1.29, 1.82) is 0 Å². The topological polar surface area (TPSA) is 40.5 Å². The second-order valence-electron chi connectivity index (χ2n) is 4.89. The van der Waals surface area contributed by atoms with E-state index in [4.69, 9.17) is 0 Å². The third-order valence-corrected chi connectivity index (χ3v) is 3.47. The molecule has 0 saturated carbocycles. The van der Waals surface area contributed by atoms with E-state index in [0.717, 1.165) is 0 Å². The minimum atomic E-state index is -0.445. The zero-order valence-electron chi connectivity index (χ0n) is 10.8. The monoisotopic (exact) mass is 271 g/mol. The van der Waals surface area contributed by atoms with E-state index in [2.05, 4.69) is 0 Å². The Balaban J connectivity index is 2.01. The van der Waals surface area contributed by atoms with Crippen LogP contribution in [-0.4, -0.2) is 35.1 Å². The number of rotatable bonds is 2. The van der Waals surface area contributed by atoms with E-state index < -0.39 is 6.10 Å². The molecule has 1 N–H and O–H groups in total. The molecule has 1 amide bonds. The number of carbonyl (C=O) groups excluding carboxylic acids is 1. The minimum absolute atomic E-state index is 0.172. The van der Waals surface area contributed by atoms with Gasteiger partial charge in [0.05, 0.1) is 6.10 Å². The van der Waals surface area contributed by atoms with Crippen LogP contribution in [0.1, 0.15) is 10.4 Å². The first-order chi connectivity index (χ1) is 9.66. The number of β-amino-alcohol motifs (C(OH)–C–C–N with tert-alkyl or cyclic N) is 1. The second kappa shape index (κ2) is 5.06. The van der Waals surface area contributed by atoms with Gasteiger partial charge in [-0.3, -0.25) is 4.79 Å². The average molecular weight is 271 g/mol. The average Bonchev–Trinajstić information content (AvgIpc) is 2.44. The molecule has 4 heteroatoms. The highest BCUT2D eigenvalue weighted by molar-refractivity contribution is 6.01. The number of aliphatic hydroxyl groups is 1. The number of amides is 1. The Bertz CT molecular complexity index is 650. The molecule has 0 radical (unpaired) electrons. The fraction of sp³-hybridized carbons (Fsp3) is 0.188. The Morgan fingerprint density at radius 1 is 1.05 bits per heavy atom. The lowest BCUT2D eigenvalue weighted by Gasteiger charge is -2.36. The molecule has 1 saturated heterocycles. The molecule has 0 unspecified atom stereocenters. The molecule has 1 aliphatic heterocycles. The van der Waals surface area contributed by atoms with E-state index in [0.29, 0.717) is 29.8 Å². The molecular formula is C16H14FNO2. The van der Waals surface area contributed by atoms with Gasteiger partial charge in [0.2, 0.25) is 0 Å². The van der Waals surface area contributed by atoms with Crippen LogP contribution in [0.3, 0.4) is 0 Å². The molecule has 2 aromatic carbocycles. The van der Waals surface area contributed by atoms with Gasteiger partial charge in [0.25, 0.3) is 5.91 Å². The van der Waals surface area contributed by atoms with Gasteiger partial charge in [-0.15, -0.1) is 0 Å². The summed E-state index contributed by atoms with van der Waals surface area (Å²) in [6.45, 7) is 0.675. The highest BCUT2D eigenvalue weighted by atomic mass is 19.1. The molecule has 2 aromatic rings. The molecule has 3 nitrogen and oxygen atoms in total. The Kier molecular flexibility index (Phi) is 3.24. The van der Waals surface area contributed by atoms with Gasteiger partial charge in [0, 0.05) is 24.2 Å². The van der Waals surface area contributed by atoms with Crippen LogP contribution in [0.2, 0.25) is 0 Å². The highest BCUT2D eigenvalue weighted by Crippen LogP contribution is 2.28. The van der Waals surface area contributed by atoms with Crippen LogP contribution in [0.5, 0.6) is 0 Å². The van der Waals surface area contributed by atoms with Crippen LogP contribution in [0, 0.1) is 5.82 Å². The largest absolute Gasteiger partial charge is 0.389 e. The summed E-state index contributed by atoms with van der Waals surface area (Å²) in [7, 11) is 0. The van der Waals surface area contributed by atoms with E-state index in [9.17, 15) is 14.3 Å². The summed E-state index contributed by atoms with van der Waals surface area (Å²) in [4.78, 5) is 13.9. The molecule has 20 heavy (non-hydrogen) atoms. The van der Waals surface area contributed by atoms with Crippen molar-refractivity contribution in [2.75, 3.05) is 13.1 Å². The van der Waals surface area contributed by atoms with Crippen molar-refractivity contribution >= 4 is 5.91 Å². The highest BCUT2D eigenvalue weighted by Gasteiger charge is 2.30. The molecule has 0 atom stereocenters. The lowest BCUT2D eigenvalue weighted by Crippen LogP contribution is -2.53. The van der Waals surface area contributed by atoms with Crippen molar-refractivity contribution in [2.45, 2.75) is 6.10 Å². The quantitative estimate of drug-likeness (QED) is 0.910. The first-order valence-corrected chi connectivity index (χ1v) is 6.48. The fourth-order valence-electron chi connectivity index (χ4n) is 2.38. The van der Waals surface area contributed by atoms with Crippen LogP contribution in [0.25, 0.3) is 11.1 Å². The second-order valence-corrected chi connectivity index (χ2v) is 4.89. The molecule has 1 aliphatic rings. The van der Waals surface area contributed by atoms with Crippen molar-refractivity contribution in [3.63, 3.8) is 0 Å². The number of likely N-dealkylation sites (tertiary alicyclic amines) is 1. The van der Waals surface area contributed by atoms with E-state index in [1.165, 1.54) is 6.07 Å². The molecular weight excluding hydrogens is 257 g/mol. The summed E-state index contributed by atoms with van der Waals surface area (Å²) in [5.74, 6) is -0.523. The Morgan fingerprint density at radius 3 is 2.30 bits per heavy atom. The molecule has 1 heterocycles. The SMILES string of the molecule is O=C(c1ccccc1-c1ccccc1F)N1CC(O)C1. The number of nitrogens with zero attached hydrogens (tertiary/aromatic N) is 1. The summed E-state index contributed by atoms with van der Waals surface area (Å²) >= 11 is 0. The van der Waals surface area contributed by atoms with Gasteiger partial charge in [-0.05, 0) is 17.7 Å². The van der Waals surface area contributed by atoms with E-state index in [1.807, 2.05) is 0 Å². The molecule has 102 valence electrons. The van der Waals surface area contributed by atoms with Gasteiger partial charge < -0.3 is 10.0 Å². The van der Waals surface area contributed by atoms with Crippen molar-refractivity contribution in [3.05, 3.63) is 59.9 Å². The van der Waals surface area contributed by atoms with E-state index >= 15 is 0 Å². The van der Waals surface area contributed by atoms with Gasteiger partial charge in [0.1, 0.15) is 5.82 Å². The smallest absolute Gasteiger partial charge is 0.254 e. The third kappa shape index (κ3) is 2.18. The fourth-order valence-corrected chi connectivity index (χ4v) is 2.38. The zero-order chi connectivity index (χ0) is 14.1. The first kappa shape index (κ1) is 12.8. The Hall–Kier alpha value is -2.20. The van der Waals surface area contributed by atoms with Crippen molar-refractivity contribution in [2.24, 2.45) is 0 Å². The van der Waals surface area contributed by atoms with Gasteiger partial charge in [0.15, 0.2) is 0 Å². The van der Waals surface area contributed by atoms with Crippen molar-refractivity contribution < 1.29 is 14.3 Å². The summed E-state index contributed by atoms with van der Waals surface area (Å²) < 4.78 is 13.9. The number of aliphatic hydroxyl groups excluding tert-OH is 1. The summed E-state index contributed by atoms with van der Waals surface area (Å²) in [5.41, 5.74) is 1.46. The number of hydrogen-bond donors (Lipinski definition) is 1. The third-order valence-electron chi connectivity index (χ3n) is 3.47.